The summed E-state index contributed by atoms with van der Waals surface area (Å²) in [5.74, 6) is -2.17. The summed E-state index contributed by atoms with van der Waals surface area (Å²) in [5.41, 5.74) is 0.503. The summed E-state index contributed by atoms with van der Waals surface area (Å²) in [4.78, 5) is 18.4. The average Bonchev–Trinajstić information content (AvgIpc) is 2.89. The number of rotatable bonds is 7. The Morgan fingerprint density at radius 2 is 2.12 bits per heavy atom. The number of nitrogens with zero attached hydrogens (tertiary/aromatic N) is 2. The second-order valence-corrected chi connectivity index (χ2v) is 5.96. The number of aromatic hydroxyl groups is 2. The largest absolute Gasteiger partial charge is 0.503 e. The molecule has 0 spiro atoms. The van der Waals surface area contributed by atoms with Gasteiger partial charge in [0.05, 0.1) is 20.3 Å². The van der Waals surface area contributed by atoms with Gasteiger partial charge in [-0.05, 0) is 24.0 Å². The zero-order valence-corrected chi connectivity index (χ0v) is 14.6. The molecule has 1 amide bonds. The molecule has 9 heteroatoms. The Labute approximate surface area is 148 Å². The molecule has 0 radical (unpaired) electrons. The molecular weight excluding hydrogens is 351 g/mol. The quantitative estimate of drug-likeness (QED) is 0.509. The van der Waals surface area contributed by atoms with Crippen LogP contribution in [0.15, 0.2) is 29.3 Å². The highest BCUT2D eigenvalue weighted by Crippen LogP contribution is 2.32. The molecule has 0 fully saturated rings. The van der Waals surface area contributed by atoms with Crippen molar-refractivity contribution in [1.29, 1.82) is 0 Å². The number of carbonyl (C=O) groups excluding carboxylic acids is 1. The molecule has 3 N–H and O–H groups in total. The third-order valence-electron chi connectivity index (χ3n) is 3.61. The number of hydrogen-bond donors (Lipinski definition) is 3. The standard InChI is InChI=1S/C16H19FN2O5S/c1-24-19(8-10-3-4-11(17)7-13(10)25-2)15(22)12-9-18(5-6-20)16(23)14(12)21/h3-4,7,9,20-21,23H,5-6,8H2,1-2H3. The third-order valence-corrected chi connectivity index (χ3v) is 4.43. The first-order valence-corrected chi connectivity index (χ1v) is 8.55. The van der Waals surface area contributed by atoms with Gasteiger partial charge in [-0.1, -0.05) is 6.07 Å². The Kier molecular flexibility index (Phi) is 6.29. The van der Waals surface area contributed by atoms with E-state index in [4.69, 9.17) is 9.94 Å². The molecule has 7 nitrogen and oxygen atoms in total. The number of thioether (sulfide) groups is 1. The summed E-state index contributed by atoms with van der Waals surface area (Å²) < 4.78 is 14.5. The van der Waals surface area contributed by atoms with Crippen molar-refractivity contribution >= 4 is 17.7 Å². The van der Waals surface area contributed by atoms with Crippen molar-refractivity contribution in [1.82, 2.24) is 9.63 Å². The number of carbonyl (C=O) groups is 1. The minimum Gasteiger partial charge on any atom is -0.503 e. The minimum absolute atomic E-state index is 0.0221. The fourth-order valence-electron chi connectivity index (χ4n) is 2.33. The highest BCUT2D eigenvalue weighted by molar-refractivity contribution is 7.98. The van der Waals surface area contributed by atoms with Gasteiger partial charge in [-0.25, -0.2) is 9.45 Å². The van der Waals surface area contributed by atoms with E-state index in [1.165, 1.54) is 37.2 Å². The van der Waals surface area contributed by atoms with Crippen molar-refractivity contribution in [2.24, 2.45) is 0 Å². The number of hydroxylamine groups is 2. The predicted molar refractivity (Wildman–Crippen MR) is 89.9 cm³/mol. The monoisotopic (exact) mass is 370 g/mol. The normalized spacial score (nSPS) is 10.9. The lowest BCUT2D eigenvalue weighted by atomic mass is 10.2. The van der Waals surface area contributed by atoms with E-state index < -0.39 is 17.5 Å². The average molecular weight is 370 g/mol. The molecule has 1 aromatic heterocycles. The highest BCUT2D eigenvalue weighted by Gasteiger charge is 2.25. The molecule has 136 valence electrons. The van der Waals surface area contributed by atoms with Gasteiger partial charge in [0.2, 0.25) is 5.88 Å². The third kappa shape index (κ3) is 4.06. The van der Waals surface area contributed by atoms with Crippen LogP contribution in [0, 0.1) is 5.82 Å². The number of hydrogen-bond acceptors (Lipinski definition) is 6. The van der Waals surface area contributed by atoms with Crippen LogP contribution in [0.5, 0.6) is 11.6 Å². The van der Waals surface area contributed by atoms with Gasteiger partial charge >= 0.3 is 0 Å². The van der Waals surface area contributed by atoms with Gasteiger partial charge < -0.3 is 19.9 Å². The Bertz CT molecular complexity index is 765. The molecule has 2 aromatic rings. The molecule has 0 saturated carbocycles. The van der Waals surface area contributed by atoms with Crippen LogP contribution in [-0.2, 0) is 17.9 Å². The number of halogens is 1. The van der Waals surface area contributed by atoms with E-state index in [1.807, 2.05) is 0 Å². The highest BCUT2D eigenvalue weighted by atomic mass is 32.2. The Hall–Kier alpha value is -2.23. The zero-order chi connectivity index (χ0) is 18.6. The maximum Gasteiger partial charge on any atom is 0.283 e. The molecule has 0 saturated heterocycles. The van der Waals surface area contributed by atoms with Gasteiger partial charge in [-0.2, -0.15) is 0 Å². The van der Waals surface area contributed by atoms with E-state index in [0.717, 1.165) is 9.63 Å². The number of benzene rings is 1. The topological polar surface area (TPSA) is 95.2 Å². The fourth-order valence-corrected chi connectivity index (χ4v) is 2.95. The van der Waals surface area contributed by atoms with E-state index in [-0.39, 0.29) is 31.1 Å². The molecule has 0 aliphatic rings. The van der Waals surface area contributed by atoms with Crippen molar-refractivity contribution < 1.29 is 29.3 Å². The zero-order valence-electron chi connectivity index (χ0n) is 13.8. The van der Waals surface area contributed by atoms with Crippen LogP contribution in [0.3, 0.4) is 0 Å². The van der Waals surface area contributed by atoms with Crippen molar-refractivity contribution in [3.63, 3.8) is 0 Å². The number of aliphatic hydroxyl groups is 1. The molecule has 1 aromatic carbocycles. The lowest BCUT2D eigenvalue weighted by Crippen LogP contribution is -2.29. The summed E-state index contributed by atoms with van der Waals surface area (Å²) in [5, 5.41) is 29.7. The van der Waals surface area contributed by atoms with Gasteiger partial charge in [-0.3, -0.25) is 9.63 Å². The van der Waals surface area contributed by atoms with E-state index in [2.05, 4.69) is 0 Å². The molecule has 0 aliphatic heterocycles. The van der Waals surface area contributed by atoms with Crippen LogP contribution in [0.25, 0.3) is 0 Å². The van der Waals surface area contributed by atoms with Crippen LogP contribution in [0.1, 0.15) is 15.9 Å². The summed E-state index contributed by atoms with van der Waals surface area (Å²) in [7, 11) is 1.29. The van der Waals surface area contributed by atoms with Crippen LogP contribution >= 0.6 is 11.8 Å². The SMILES string of the molecule is CON(Cc1ccc(F)cc1SC)C(=O)c1cn(CCO)c(O)c1O. The Morgan fingerprint density at radius 1 is 1.40 bits per heavy atom. The number of aliphatic hydroxyl groups excluding tert-OH is 1. The summed E-state index contributed by atoms with van der Waals surface area (Å²) in [6, 6.07) is 4.20. The van der Waals surface area contributed by atoms with E-state index in [0.29, 0.717) is 10.5 Å². The first-order chi connectivity index (χ1) is 11.9. The molecule has 0 atom stereocenters. The van der Waals surface area contributed by atoms with Gasteiger partial charge in [0.25, 0.3) is 5.91 Å². The van der Waals surface area contributed by atoms with Gasteiger partial charge in [0.1, 0.15) is 11.4 Å². The Morgan fingerprint density at radius 3 is 2.72 bits per heavy atom. The summed E-state index contributed by atoms with van der Waals surface area (Å²) in [6.07, 6.45) is 3.02. The predicted octanol–water partition coefficient (Wildman–Crippen LogP) is 1.96. The number of amides is 1. The van der Waals surface area contributed by atoms with E-state index >= 15 is 0 Å². The molecule has 25 heavy (non-hydrogen) atoms. The maximum absolute atomic E-state index is 13.3. The molecule has 0 unspecified atom stereocenters. The van der Waals surface area contributed by atoms with Gasteiger partial charge in [-0.15, -0.1) is 11.8 Å². The first kappa shape index (κ1) is 19.1. The van der Waals surface area contributed by atoms with Crippen molar-refractivity contribution in [3.8, 4) is 11.6 Å². The van der Waals surface area contributed by atoms with Crippen molar-refractivity contribution in [2.75, 3.05) is 20.0 Å². The van der Waals surface area contributed by atoms with E-state index in [9.17, 15) is 19.4 Å². The molecule has 0 bridgehead atoms. The minimum atomic E-state index is -0.677. The van der Waals surface area contributed by atoms with Gasteiger partial charge in [0, 0.05) is 17.6 Å². The first-order valence-electron chi connectivity index (χ1n) is 7.33. The molecule has 1 heterocycles. The second kappa shape index (κ2) is 8.24. The number of aromatic nitrogens is 1. The maximum atomic E-state index is 13.3. The van der Waals surface area contributed by atoms with Gasteiger partial charge in [0.15, 0.2) is 5.75 Å². The van der Waals surface area contributed by atoms with Crippen LogP contribution < -0.4 is 0 Å². The van der Waals surface area contributed by atoms with Crippen molar-refractivity contribution in [2.45, 2.75) is 18.0 Å². The molecular formula is C16H19FN2O5S. The fraction of sp³-hybridized carbons (Fsp3) is 0.312. The summed E-state index contributed by atoms with van der Waals surface area (Å²) in [6.45, 7) is -0.221. The van der Waals surface area contributed by atoms with E-state index in [1.54, 1.807) is 12.3 Å². The van der Waals surface area contributed by atoms with Crippen LogP contribution in [0.2, 0.25) is 0 Å². The van der Waals surface area contributed by atoms with Crippen LogP contribution in [0.4, 0.5) is 4.39 Å². The van der Waals surface area contributed by atoms with Crippen LogP contribution in [-0.4, -0.2) is 50.8 Å². The summed E-state index contributed by atoms with van der Waals surface area (Å²) >= 11 is 1.33. The lowest BCUT2D eigenvalue weighted by Gasteiger charge is -2.20. The Balaban J connectivity index is 2.29. The second-order valence-electron chi connectivity index (χ2n) is 5.11. The molecule has 0 aliphatic carbocycles. The lowest BCUT2D eigenvalue weighted by molar-refractivity contribution is -0.102. The smallest absolute Gasteiger partial charge is 0.283 e. The van der Waals surface area contributed by atoms with Crippen molar-refractivity contribution in [3.05, 3.63) is 41.3 Å². The molecule has 2 rings (SSSR count).